The maximum atomic E-state index is 10.5. The van der Waals surface area contributed by atoms with E-state index in [0.29, 0.717) is 0 Å². The molecule has 0 heterocycles. The van der Waals surface area contributed by atoms with Gasteiger partial charge in [0.1, 0.15) is 0 Å². The molecule has 86 valence electrons. The van der Waals surface area contributed by atoms with Gasteiger partial charge >= 0.3 is 0 Å². The Hall–Kier alpha value is -0.0800. The van der Waals surface area contributed by atoms with E-state index < -0.39 is 5.60 Å². The van der Waals surface area contributed by atoms with E-state index in [-0.39, 0.29) is 6.10 Å². The molecule has 2 nitrogen and oxygen atoms in total. The van der Waals surface area contributed by atoms with Crippen LogP contribution in [-0.2, 0) is 4.74 Å². The molecule has 0 aliphatic rings. The number of hydrogen-bond donors (Lipinski definition) is 1. The van der Waals surface area contributed by atoms with Gasteiger partial charge in [-0.15, -0.1) is 0 Å². The molecule has 0 amide bonds. The van der Waals surface area contributed by atoms with Gasteiger partial charge in [-0.2, -0.15) is 0 Å². The highest BCUT2D eigenvalue weighted by molar-refractivity contribution is 4.86. The smallest absolute Gasteiger partial charge is 0.0907 e. The molecule has 1 atom stereocenters. The van der Waals surface area contributed by atoms with Gasteiger partial charge in [0.15, 0.2) is 0 Å². The number of rotatable bonds is 8. The van der Waals surface area contributed by atoms with Crippen LogP contribution in [0.3, 0.4) is 0 Å². The highest BCUT2D eigenvalue weighted by Gasteiger charge is 2.34. The number of hydrogen-bond acceptors (Lipinski definition) is 2. The van der Waals surface area contributed by atoms with Crippen LogP contribution in [0.2, 0.25) is 0 Å². The second-order valence-electron chi connectivity index (χ2n) is 4.12. The molecule has 0 aromatic carbocycles. The van der Waals surface area contributed by atoms with Crippen LogP contribution < -0.4 is 0 Å². The molecule has 0 aliphatic carbocycles. The zero-order valence-electron chi connectivity index (χ0n) is 10.2. The van der Waals surface area contributed by atoms with Crippen molar-refractivity contribution in [2.45, 2.75) is 71.0 Å². The van der Waals surface area contributed by atoms with Crippen LogP contribution in [-0.4, -0.2) is 23.9 Å². The Morgan fingerprint density at radius 2 is 1.57 bits per heavy atom. The van der Waals surface area contributed by atoms with Crippen molar-refractivity contribution in [2.75, 3.05) is 7.11 Å². The van der Waals surface area contributed by atoms with Gasteiger partial charge in [0.05, 0.1) is 11.7 Å². The van der Waals surface area contributed by atoms with Crippen molar-refractivity contribution < 1.29 is 9.84 Å². The van der Waals surface area contributed by atoms with Crippen molar-refractivity contribution in [2.24, 2.45) is 0 Å². The molecule has 0 saturated heterocycles. The van der Waals surface area contributed by atoms with Crippen LogP contribution in [0.15, 0.2) is 0 Å². The Labute approximate surface area is 88.7 Å². The molecule has 0 rings (SSSR count). The molecular formula is C12H26O2. The lowest BCUT2D eigenvalue weighted by molar-refractivity contribution is -0.107. The normalized spacial score (nSPS) is 14.4. The van der Waals surface area contributed by atoms with Crippen molar-refractivity contribution >= 4 is 0 Å². The van der Waals surface area contributed by atoms with E-state index >= 15 is 0 Å². The monoisotopic (exact) mass is 202 g/mol. The summed E-state index contributed by atoms with van der Waals surface area (Å²) in [7, 11) is 1.70. The molecule has 1 unspecified atom stereocenters. The van der Waals surface area contributed by atoms with E-state index in [4.69, 9.17) is 4.74 Å². The van der Waals surface area contributed by atoms with Crippen LogP contribution >= 0.6 is 0 Å². The van der Waals surface area contributed by atoms with Crippen molar-refractivity contribution in [3.63, 3.8) is 0 Å². The first-order valence-electron chi connectivity index (χ1n) is 5.89. The topological polar surface area (TPSA) is 29.5 Å². The average molecular weight is 202 g/mol. The lowest BCUT2D eigenvalue weighted by Crippen LogP contribution is -2.43. The Bertz CT molecular complexity index is 128. The molecule has 0 bridgehead atoms. The van der Waals surface area contributed by atoms with E-state index in [1.165, 1.54) is 0 Å². The van der Waals surface area contributed by atoms with Crippen LogP contribution in [0, 0.1) is 0 Å². The fourth-order valence-electron chi connectivity index (χ4n) is 2.18. The van der Waals surface area contributed by atoms with Crippen molar-refractivity contribution in [1.82, 2.24) is 0 Å². The third kappa shape index (κ3) is 3.97. The van der Waals surface area contributed by atoms with Gasteiger partial charge in [-0.3, -0.25) is 0 Å². The van der Waals surface area contributed by atoms with Gasteiger partial charge in [-0.05, 0) is 19.3 Å². The van der Waals surface area contributed by atoms with Crippen LogP contribution in [0.25, 0.3) is 0 Å². The van der Waals surface area contributed by atoms with Crippen molar-refractivity contribution in [3.8, 4) is 0 Å². The minimum atomic E-state index is -0.603. The average Bonchev–Trinajstić information content (AvgIpc) is 2.14. The van der Waals surface area contributed by atoms with Crippen LogP contribution in [0.4, 0.5) is 0 Å². The summed E-state index contributed by atoms with van der Waals surface area (Å²) in [5.41, 5.74) is -0.603. The van der Waals surface area contributed by atoms with Gasteiger partial charge in [0.25, 0.3) is 0 Å². The van der Waals surface area contributed by atoms with Gasteiger partial charge < -0.3 is 9.84 Å². The predicted octanol–water partition coefficient (Wildman–Crippen LogP) is 3.13. The maximum absolute atomic E-state index is 10.5. The van der Waals surface area contributed by atoms with Crippen molar-refractivity contribution in [1.29, 1.82) is 0 Å². The molecule has 0 aromatic heterocycles. The third-order valence-corrected chi connectivity index (χ3v) is 2.80. The molecule has 0 aromatic rings. The first kappa shape index (κ1) is 13.9. The highest BCUT2D eigenvalue weighted by Crippen LogP contribution is 2.28. The van der Waals surface area contributed by atoms with Gasteiger partial charge in [-0.25, -0.2) is 0 Å². The Morgan fingerprint density at radius 1 is 1.07 bits per heavy atom. The Kier molecular flexibility index (Phi) is 7.20. The molecule has 1 N–H and O–H groups in total. The quantitative estimate of drug-likeness (QED) is 0.655. The maximum Gasteiger partial charge on any atom is 0.0907 e. The summed E-state index contributed by atoms with van der Waals surface area (Å²) in [4.78, 5) is 0. The highest BCUT2D eigenvalue weighted by atomic mass is 16.5. The minimum absolute atomic E-state index is 0.00685. The number of aliphatic hydroxyl groups is 1. The summed E-state index contributed by atoms with van der Waals surface area (Å²) >= 11 is 0. The fourth-order valence-corrected chi connectivity index (χ4v) is 2.18. The molecule has 0 spiro atoms. The summed E-state index contributed by atoms with van der Waals surface area (Å²) in [5.74, 6) is 0. The Morgan fingerprint density at radius 3 is 1.86 bits per heavy atom. The molecule has 0 saturated carbocycles. The van der Waals surface area contributed by atoms with Crippen molar-refractivity contribution in [3.05, 3.63) is 0 Å². The first-order valence-corrected chi connectivity index (χ1v) is 5.89. The fraction of sp³-hybridized carbons (Fsp3) is 1.00. The lowest BCUT2D eigenvalue weighted by Gasteiger charge is -2.35. The molecular weight excluding hydrogens is 176 g/mol. The molecule has 14 heavy (non-hydrogen) atoms. The first-order chi connectivity index (χ1) is 6.64. The Balaban J connectivity index is 4.39. The van der Waals surface area contributed by atoms with E-state index in [1.807, 2.05) is 0 Å². The van der Waals surface area contributed by atoms with E-state index in [1.54, 1.807) is 7.11 Å². The minimum Gasteiger partial charge on any atom is -0.387 e. The van der Waals surface area contributed by atoms with E-state index in [2.05, 4.69) is 20.8 Å². The standard InChI is InChI=1S/C12H26O2/c1-5-8-11(14-4)12(13,9-6-2)10-7-3/h11,13H,5-10H2,1-4H3. The van der Waals surface area contributed by atoms with Gasteiger partial charge in [0, 0.05) is 7.11 Å². The second-order valence-corrected chi connectivity index (χ2v) is 4.12. The summed E-state index contributed by atoms with van der Waals surface area (Å²) < 4.78 is 5.41. The summed E-state index contributed by atoms with van der Waals surface area (Å²) in [6.45, 7) is 6.35. The summed E-state index contributed by atoms with van der Waals surface area (Å²) in [6.07, 6.45) is 5.74. The van der Waals surface area contributed by atoms with Gasteiger partial charge in [-0.1, -0.05) is 40.0 Å². The number of methoxy groups -OCH3 is 1. The van der Waals surface area contributed by atoms with E-state index in [9.17, 15) is 5.11 Å². The SMILES string of the molecule is CCCC(OC)C(O)(CCC)CCC. The zero-order chi connectivity index (χ0) is 11.0. The van der Waals surface area contributed by atoms with E-state index in [0.717, 1.165) is 38.5 Å². The molecule has 0 fully saturated rings. The van der Waals surface area contributed by atoms with Gasteiger partial charge in [0.2, 0.25) is 0 Å². The molecule has 0 aliphatic heterocycles. The van der Waals surface area contributed by atoms with Crippen LogP contribution in [0.1, 0.15) is 59.3 Å². The summed E-state index contributed by atoms with van der Waals surface area (Å²) in [5, 5.41) is 10.5. The second kappa shape index (κ2) is 7.24. The molecule has 2 heteroatoms. The zero-order valence-corrected chi connectivity index (χ0v) is 10.2. The third-order valence-electron chi connectivity index (χ3n) is 2.80. The molecule has 0 radical (unpaired) electrons. The number of ether oxygens (including phenoxy) is 1. The van der Waals surface area contributed by atoms with Crippen LogP contribution in [0.5, 0.6) is 0 Å². The largest absolute Gasteiger partial charge is 0.387 e. The lowest BCUT2D eigenvalue weighted by atomic mass is 9.85. The predicted molar refractivity (Wildman–Crippen MR) is 60.5 cm³/mol. The summed E-state index contributed by atoms with van der Waals surface area (Å²) in [6, 6.07) is 0.